The first-order valence-corrected chi connectivity index (χ1v) is 9.47. The predicted molar refractivity (Wildman–Crippen MR) is 94.6 cm³/mol. The van der Waals surface area contributed by atoms with Gasteiger partial charge in [0.2, 0.25) is 4.96 Å². The molecule has 126 valence electrons. The lowest BCUT2D eigenvalue weighted by atomic mass is 10.3. The number of hydrogen-bond acceptors (Lipinski definition) is 6. The van der Waals surface area contributed by atoms with Gasteiger partial charge < -0.3 is 4.74 Å². The fourth-order valence-corrected chi connectivity index (χ4v) is 3.60. The fraction of sp³-hybridized carbons (Fsp3) is 0.312. The number of aromatic nitrogens is 3. The van der Waals surface area contributed by atoms with Crippen molar-refractivity contribution in [2.24, 2.45) is 0 Å². The van der Waals surface area contributed by atoms with Gasteiger partial charge in [-0.2, -0.15) is 21.4 Å². The Hall–Kier alpha value is -1.93. The molecule has 0 saturated carbocycles. The van der Waals surface area contributed by atoms with Gasteiger partial charge in [-0.1, -0.05) is 18.3 Å². The molecular formula is C16H16FN3O2S2. The van der Waals surface area contributed by atoms with Crippen molar-refractivity contribution in [3.63, 3.8) is 0 Å². The summed E-state index contributed by atoms with van der Waals surface area (Å²) in [4.78, 5) is 17.2. The lowest BCUT2D eigenvalue weighted by Gasteiger charge is -2.05. The van der Waals surface area contributed by atoms with Crippen LogP contribution in [0.2, 0.25) is 0 Å². The summed E-state index contributed by atoms with van der Waals surface area (Å²) in [6, 6.07) is 7.47. The van der Waals surface area contributed by atoms with E-state index in [1.807, 2.05) is 6.92 Å². The van der Waals surface area contributed by atoms with Crippen molar-refractivity contribution in [2.75, 3.05) is 12.4 Å². The highest BCUT2D eigenvalue weighted by atomic mass is 32.2. The maximum absolute atomic E-state index is 12.8. The van der Waals surface area contributed by atoms with E-state index < -0.39 is 0 Å². The molecule has 0 bridgehead atoms. The van der Waals surface area contributed by atoms with Crippen LogP contribution in [-0.4, -0.2) is 27.0 Å². The van der Waals surface area contributed by atoms with Gasteiger partial charge in [0, 0.05) is 17.6 Å². The smallest absolute Gasteiger partial charge is 0.275 e. The summed E-state index contributed by atoms with van der Waals surface area (Å²) in [6.07, 6.45) is 0.790. The summed E-state index contributed by atoms with van der Waals surface area (Å²) in [5.74, 6) is 1.75. The van der Waals surface area contributed by atoms with Gasteiger partial charge in [-0.05, 0) is 30.7 Å². The summed E-state index contributed by atoms with van der Waals surface area (Å²) in [5.41, 5.74) is 0.604. The zero-order chi connectivity index (χ0) is 16.9. The Morgan fingerprint density at radius 2 is 2.12 bits per heavy atom. The number of ether oxygens (including phenoxy) is 1. The summed E-state index contributed by atoms with van der Waals surface area (Å²) in [6.45, 7) is 2.51. The molecule has 0 unspecified atom stereocenters. The molecule has 3 aromatic rings. The highest BCUT2D eigenvalue weighted by Crippen LogP contribution is 2.15. The van der Waals surface area contributed by atoms with Gasteiger partial charge in [0.05, 0.1) is 12.3 Å². The van der Waals surface area contributed by atoms with Gasteiger partial charge in [0.1, 0.15) is 16.6 Å². The first-order chi connectivity index (χ1) is 11.7. The highest BCUT2D eigenvalue weighted by molar-refractivity contribution is 7.98. The monoisotopic (exact) mass is 365 g/mol. The third kappa shape index (κ3) is 4.12. The van der Waals surface area contributed by atoms with Crippen LogP contribution in [0.25, 0.3) is 4.96 Å². The quantitative estimate of drug-likeness (QED) is 0.602. The normalized spacial score (nSPS) is 11.1. The summed E-state index contributed by atoms with van der Waals surface area (Å²) >= 11 is 3.08. The summed E-state index contributed by atoms with van der Waals surface area (Å²) in [7, 11) is 0. The first-order valence-electron chi connectivity index (χ1n) is 7.50. The Labute approximate surface area is 146 Å². The van der Waals surface area contributed by atoms with Crippen molar-refractivity contribution in [3.8, 4) is 5.75 Å². The van der Waals surface area contributed by atoms with Crippen molar-refractivity contribution < 1.29 is 9.13 Å². The predicted octanol–water partition coefficient (Wildman–Crippen LogP) is 3.16. The second kappa shape index (κ2) is 7.76. The van der Waals surface area contributed by atoms with E-state index in [0.717, 1.165) is 22.9 Å². The highest BCUT2D eigenvalue weighted by Gasteiger charge is 2.08. The fourth-order valence-electron chi connectivity index (χ4n) is 2.04. The minimum absolute atomic E-state index is 0.144. The standard InChI is InChI=1S/C16H16FN3O2S2/c1-2-14-19-20-15(21)9-12(18-16(20)24-14)10-23-8-7-22-13-5-3-11(17)4-6-13/h3-6,9H,2,7-8,10H2,1H3. The largest absolute Gasteiger partial charge is 0.493 e. The maximum atomic E-state index is 12.8. The molecular weight excluding hydrogens is 349 g/mol. The molecule has 0 aliphatic rings. The van der Waals surface area contributed by atoms with Crippen LogP contribution in [0.4, 0.5) is 4.39 Å². The van der Waals surface area contributed by atoms with Crippen molar-refractivity contribution in [1.82, 2.24) is 14.6 Å². The number of nitrogens with zero attached hydrogens (tertiary/aromatic N) is 3. The van der Waals surface area contributed by atoms with Crippen LogP contribution in [0.5, 0.6) is 5.75 Å². The average molecular weight is 365 g/mol. The molecule has 0 saturated heterocycles. The number of aryl methyl sites for hydroxylation is 1. The number of thioether (sulfide) groups is 1. The van der Waals surface area contributed by atoms with Crippen LogP contribution in [0.1, 0.15) is 17.6 Å². The van der Waals surface area contributed by atoms with Gasteiger partial charge in [-0.25, -0.2) is 9.37 Å². The number of rotatable bonds is 7. The molecule has 2 aromatic heterocycles. The molecule has 0 amide bonds. The van der Waals surface area contributed by atoms with Gasteiger partial charge in [0.25, 0.3) is 5.56 Å². The summed E-state index contributed by atoms with van der Waals surface area (Å²) in [5, 5.41) is 5.13. The van der Waals surface area contributed by atoms with Gasteiger partial charge in [0.15, 0.2) is 0 Å². The first kappa shape index (κ1) is 16.9. The number of benzene rings is 1. The SMILES string of the molecule is CCc1nn2c(=O)cc(CSCCOc3ccc(F)cc3)nc2s1. The number of hydrogen-bond donors (Lipinski definition) is 0. The van der Waals surface area contributed by atoms with Crippen molar-refractivity contribution >= 4 is 28.1 Å². The lowest BCUT2D eigenvalue weighted by Crippen LogP contribution is -2.15. The molecule has 3 rings (SSSR count). The van der Waals surface area contributed by atoms with Crippen molar-refractivity contribution in [3.05, 3.63) is 57.2 Å². The van der Waals surface area contributed by atoms with E-state index >= 15 is 0 Å². The second-order valence-electron chi connectivity index (χ2n) is 4.98. The van der Waals surface area contributed by atoms with Crippen LogP contribution >= 0.6 is 23.1 Å². The van der Waals surface area contributed by atoms with E-state index in [9.17, 15) is 9.18 Å². The minimum atomic E-state index is -0.279. The Morgan fingerprint density at radius 3 is 2.88 bits per heavy atom. The number of halogens is 1. The van der Waals surface area contributed by atoms with Crippen LogP contribution in [-0.2, 0) is 12.2 Å². The lowest BCUT2D eigenvalue weighted by molar-refractivity contribution is 0.343. The van der Waals surface area contributed by atoms with Crippen molar-refractivity contribution in [1.29, 1.82) is 0 Å². The molecule has 0 radical (unpaired) electrons. The Balaban J connectivity index is 1.52. The zero-order valence-corrected chi connectivity index (χ0v) is 14.7. The molecule has 0 aliphatic heterocycles. The van der Waals surface area contributed by atoms with E-state index in [2.05, 4.69) is 10.1 Å². The number of fused-ring (bicyclic) bond motifs is 1. The Kier molecular flexibility index (Phi) is 5.47. The molecule has 1 aromatic carbocycles. The third-order valence-electron chi connectivity index (χ3n) is 3.20. The molecule has 0 N–H and O–H groups in total. The second-order valence-corrected chi connectivity index (χ2v) is 7.13. The zero-order valence-electron chi connectivity index (χ0n) is 13.1. The molecule has 0 aliphatic carbocycles. The molecule has 8 heteroatoms. The average Bonchev–Trinajstić information content (AvgIpc) is 3.00. The van der Waals surface area contributed by atoms with Crippen molar-refractivity contribution in [2.45, 2.75) is 19.1 Å². The molecule has 2 heterocycles. The van der Waals surface area contributed by atoms with Gasteiger partial charge >= 0.3 is 0 Å². The van der Waals surface area contributed by atoms with Crippen LogP contribution in [0.3, 0.4) is 0 Å². The maximum Gasteiger partial charge on any atom is 0.275 e. The van der Waals surface area contributed by atoms with Gasteiger partial charge in [-0.3, -0.25) is 4.79 Å². The van der Waals surface area contributed by atoms with E-state index in [1.54, 1.807) is 23.9 Å². The van der Waals surface area contributed by atoms with E-state index in [1.165, 1.54) is 34.1 Å². The van der Waals surface area contributed by atoms with Crippen LogP contribution < -0.4 is 10.3 Å². The third-order valence-corrected chi connectivity index (χ3v) is 5.21. The van der Waals surface area contributed by atoms with Crippen LogP contribution in [0, 0.1) is 5.82 Å². The molecule has 5 nitrogen and oxygen atoms in total. The molecule has 0 spiro atoms. The Bertz CT molecular complexity index is 877. The van der Waals surface area contributed by atoms with Gasteiger partial charge in [-0.15, -0.1) is 0 Å². The molecule has 0 atom stereocenters. The Morgan fingerprint density at radius 1 is 1.33 bits per heavy atom. The van der Waals surface area contributed by atoms with E-state index in [-0.39, 0.29) is 11.4 Å². The minimum Gasteiger partial charge on any atom is -0.493 e. The topological polar surface area (TPSA) is 56.5 Å². The molecule has 0 fully saturated rings. The van der Waals surface area contributed by atoms with Crippen LogP contribution in [0.15, 0.2) is 35.1 Å². The van der Waals surface area contributed by atoms with E-state index in [0.29, 0.717) is 23.1 Å². The summed E-state index contributed by atoms with van der Waals surface area (Å²) < 4.78 is 19.7. The van der Waals surface area contributed by atoms with E-state index in [4.69, 9.17) is 4.74 Å². The molecule has 24 heavy (non-hydrogen) atoms.